The summed E-state index contributed by atoms with van der Waals surface area (Å²) < 4.78 is 15.8. The Balaban J connectivity index is 1.82. The number of aliphatic hydroxyl groups is 1. The second-order valence-electron chi connectivity index (χ2n) is 9.21. The third-order valence-corrected chi connectivity index (χ3v) is 6.13. The molecule has 38 heavy (non-hydrogen) atoms. The van der Waals surface area contributed by atoms with Crippen molar-refractivity contribution in [3.05, 3.63) is 95.1 Å². The van der Waals surface area contributed by atoms with E-state index in [0.29, 0.717) is 46.4 Å². The molecule has 0 aliphatic carbocycles. The Kier molecular flexibility index (Phi) is 7.81. The lowest BCUT2D eigenvalue weighted by molar-refractivity contribution is -0.132. The highest BCUT2D eigenvalue weighted by atomic mass is 16.5. The molecule has 3 aromatic rings. The fourth-order valence-corrected chi connectivity index (χ4v) is 4.23. The van der Waals surface area contributed by atoms with E-state index >= 15 is 0 Å². The van der Waals surface area contributed by atoms with Crippen molar-refractivity contribution in [2.24, 2.45) is 5.92 Å². The first kappa shape index (κ1) is 26.5. The Bertz CT molecular complexity index is 1370. The molecule has 1 heterocycles. The molecule has 0 bridgehead atoms. The van der Waals surface area contributed by atoms with E-state index in [2.05, 4.69) is 0 Å². The lowest BCUT2D eigenvalue weighted by Gasteiger charge is -2.26. The molecule has 0 radical (unpaired) electrons. The van der Waals surface area contributed by atoms with Gasteiger partial charge in [-0.2, -0.15) is 0 Å². The highest BCUT2D eigenvalue weighted by molar-refractivity contribution is 6.51. The van der Waals surface area contributed by atoms with E-state index in [1.54, 1.807) is 60.7 Å². The van der Waals surface area contributed by atoms with Gasteiger partial charge in [-0.15, -0.1) is 0 Å². The van der Waals surface area contributed by atoms with Crippen molar-refractivity contribution in [1.29, 1.82) is 0 Å². The SMILES string of the molecule is COC(=O)c1ccc(N2C(=O)C(=O)/C(=C(/O)c3ccc(OCC(C)C)cc3)C2c2cccc(OC)c2)cc1. The number of aliphatic hydroxyl groups excluding tert-OH is 1. The molecule has 0 aromatic heterocycles. The van der Waals surface area contributed by atoms with Crippen molar-refractivity contribution in [1.82, 2.24) is 0 Å². The Labute approximate surface area is 221 Å². The van der Waals surface area contributed by atoms with Crippen LogP contribution in [0.4, 0.5) is 5.69 Å². The molecule has 8 heteroatoms. The number of hydrogen-bond acceptors (Lipinski definition) is 7. The summed E-state index contributed by atoms with van der Waals surface area (Å²) in [6, 6.07) is 18.9. The number of rotatable bonds is 8. The quantitative estimate of drug-likeness (QED) is 0.192. The third kappa shape index (κ3) is 5.25. The van der Waals surface area contributed by atoms with Crippen LogP contribution >= 0.6 is 0 Å². The molecule has 1 aliphatic rings. The minimum atomic E-state index is -0.939. The summed E-state index contributed by atoms with van der Waals surface area (Å²) in [7, 11) is 2.80. The van der Waals surface area contributed by atoms with Crippen molar-refractivity contribution in [3.63, 3.8) is 0 Å². The van der Waals surface area contributed by atoms with Gasteiger partial charge in [0.2, 0.25) is 0 Å². The second-order valence-corrected chi connectivity index (χ2v) is 9.21. The van der Waals surface area contributed by atoms with Crippen LogP contribution in [0.5, 0.6) is 11.5 Å². The van der Waals surface area contributed by atoms with Crippen LogP contribution < -0.4 is 14.4 Å². The van der Waals surface area contributed by atoms with Gasteiger partial charge in [-0.05, 0) is 72.1 Å². The normalized spacial score (nSPS) is 16.6. The number of esters is 1. The van der Waals surface area contributed by atoms with Crippen molar-refractivity contribution in [2.75, 3.05) is 25.7 Å². The molecule has 1 atom stereocenters. The molecule has 1 N–H and O–H groups in total. The number of hydrogen-bond donors (Lipinski definition) is 1. The summed E-state index contributed by atoms with van der Waals surface area (Å²) >= 11 is 0. The van der Waals surface area contributed by atoms with Crippen molar-refractivity contribution < 1.29 is 33.7 Å². The van der Waals surface area contributed by atoms with Crippen molar-refractivity contribution >= 4 is 29.1 Å². The van der Waals surface area contributed by atoms with Crippen molar-refractivity contribution in [2.45, 2.75) is 19.9 Å². The van der Waals surface area contributed by atoms with E-state index in [1.807, 2.05) is 13.8 Å². The molecule has 0 saturated carbocycles. The summed E-state index contributed by atoms with van der Waals surface area (Å²) in [5.41, 5.74) is 1.55. The summed E-state index contributed by atoms with van der Waals surface area (Å²) in [6.45, 7) is 4.63. The van der Waals surface area contributed by atoms with Crippen LogP contribution in [0.25, 0.3) is 5.76 Å². The number of amides is 1. The molecule has 1 unspecified atom stereocenters. The van der Waals surface area contributed by atoms with E-state index < -0.39 is 23.7 Å². The minimum absolute atomic E-state index is 0.0591. The van der Waals surface area contributed by atoms with Crippen LogP contribution in [0.1, 0.15) is 41.4 Å². The van der Waals surface area contributed by atoms with E-state index in [0.717, 1.165) is 0 Å². The third-order valence-electron chi connectivity index (χ3n) is 6.13. The highest BCUT2D eigenvalue weighted by Gasteiger charge is 2.47. The number of methoxy groups -OCH3 is 2. The van der Waals surface area contributed by atoms with Crippen LogP contribution in [-0.2, 0) is 14.3 Å². The van der Waals surface area contributed by atoms with Gasteiger partial charge in [0.05, 0.1) is 38.0 Å². The zero-order valence-electron chi connectivity index (χ0n) is 21.6. The van der Waals surface area contributed by atoms with E-state index in [9.17, 15) is 19.5 Å². The van der Waals surface area contributed by atoms with Gasteiger partial charge in [0.25, 0.3) is 11.7 Å². The molecular formula is C30H29NO7. The van der Waals surface area contributed by atoms with Crippen LogP contribution in [0, 0.1) is 5.92 Å². The maximum absolute atomic E-state index is 13.4. The van der Waals surface area contributed by atoms with E-state index in [4.69, 9.17) is 14.2 Å². The molecule has 1 amide bonds. The number of carbonyl (C=O) groups is 3. The Hall–Kier alpha value is -4.59. The maximum Gasteiger partial charge on any atom is 0.337 e. The topological polar surface area (TPSA) is 102 Å². The standard InChI is InChI=1S/C30H29NO7/c1-18(2)17-38-23-14-10-19(11-15-23)27(32)25-26(21-6-5-7-24(16-21)36-3)31(29(34)28(25)33)22-12-8-20(9-13-22)30(35)37-4/h5-16,18,26,32H,17H2,1-4H3/b27-25+. The molecular weight excluding hydrogens is 486 g/mol. The maximum atomic E-state index is 13.4. The Morgan fingerprint density at radius 2 is 1.58 bits per heavy atom. The van der Waals surface area contributed by atoms with Gasteiger partial charge < -0.3 is 19.3 Å². The van der Waals surface area contributed by atoms with Crippen LogP contribution in [0.2, 0.25) is 0 Å². The highest BCUT2D eigenvalue weighted by Crippen LogP contribution is 2.43. The van der Waals surface area contributed by atoms with Gasteiger partial charge in [-0.1, -0.05) is 26.0 Å². The monoisotopic (exact) mass is 515 g/mol. The van der Waals surface area contributed by atoms with E-state index in [-0.39, 0.29) is 11.3 Å². The minimum Gasteiger partial charge on any atom is -0.507 e. The van der Waals surface area contributed by atoms with Gasteiger partial charge in [0.1, 0.15) is 17.3 Å². The van der Waals surface area contributed by atoms with Crippen LogP contribution in [0.15, 0.2) is 78.4 Å². The summed E-state index contributed by atoms with van der Waals surface area (Å²) in [6.07, 6.45) is 0. The number of ether oxygens (including phenoxy) is 3. The Morgan fingerprint density at radius 1 is 0.921 bits per heavy atom. The Morgan fingerprint density at radius 3 is 2.18 bits per heavy atom. The molecule has 3 aromatic carbocycles. The lowest BCUT2D eigenvalue weighted by atomic mass is 9.95. The van der Waals surface area contributed by atoms with Gasteiger partial charge in [0.15, 0.2) is 0 Å². The first-order chi connectivity index (χ1) is 18.2. The van der Waals surface area contributed by atoms with Crippen molar-refractivity contribution in [3.8, 4) is 11.5 Å². The number of ketones is 1. The number of nitrogens with zero attached hydrogens (tertiary/aromatic N) is 1. The van der Waals surface area contributed by atoms with Gasteiger partial charge in [-0.3, -0.25) is 14.5 Å². The largest absolute Gasteiger partial charge is 0.507 e. The van der Waals surface area contributed by atoms with Crippen LogP contribution in [0.3, 0.4) is 0 Å². The number of anilines is 1. The number of Topliss-reactive ketones (excluding diaryl/α,β-unsaturated/α-hetero) is 1. The first-order valence-electron chi connectivity index (χ1n) is 12.1. The zero-order valence-corrected chi connectivity index (χ0v) is 21.6. The molecule has 1 fully saturated rings. The molecule has 1 aliphatic heterocycles. The second kappa shape index (κ2) is 11.2. The van der Waals surface area contributed by atoms with E-state index in [1.165, 1.54) is 31.3 Å². The fourth-order valence-electron chi connectivity index (χ4n) is 4.23. The number of carbonyl (C=O) groups excluding carboxylic acids is 3. The number of benzene rings is 3. The molecule has 8 nitrogen and oxygen atoms in total. The van der Waals surface area contributed by atoms with Gasteiger partial charge in [0, 0.05) is 11.3 Å². The zero-order chi connectivity index (χ0) is 27.4. The summed E-state index contributed by atoms with van der Waals surface area (Å²) in [4.78, 5) is 39.9. The predicted molar refractivity (Wildman–Crippen MR) is 142 cm³/mol. The van der Waals surface area contributed by atoms with Gasteiger partial charge in [-0.25, -0.2) is 4.79 Å². The smallest absolute Gasteiger partial charge is 0.337 e. The van der Waals surface area contributed by atoms with Gasteiger partial charge >= 0.3 is 5.97 Å². The average Bonchev–Trinajstić information content (AvgIpc) is 3.21. The summed E-state index contributed by atoms with van der Waals surface area (Å²) in [5, 5.41) is 11.3. The molecule has 4 rings (SSSR count). The molecule has 196 valence electrons. The first-order valence-corrected chi connectivity index (χ1v) is 12.1. The lowest BCUT2D eigenvalue weighted by Crippen LogP contribution is -2.29. The molecule has 1 saturated heterocycles. The summed E-state index contributed by atoms with van der Waals surface area (Å²) in [5.74, 6) is -0.950. The molecule has 0 spiro atoms. The average molecular weight is 516 g/mol. The predicted octanol–water partition coefficient (Wildman–Crippen LogP) is 5.14. The van der Waals surface area contributed by atoms with Crippen LogP contribution in [-0.4, -0.2) is 43.6 Å². The fraction of sp³-hybridized carbons (Fsp3) is 0.233.